The summed E-state index contributed by atoms with van der Waals surface area (Å²) in [5.74, 6) is -0.337. The number of nitrogens with one attached hydrogen (secondary N) is 2. The molecule has 4 heterocycles. The first-order valence-corrected chi connectivity index (χ1v) is 9.50. The molecule has 31 heavy (non-hydrogen) atoms. The van der Waals surface area contributed by atoms with Crippen LogP contribution in [0.15, 0.2) is 39.5 Å². The lowest BCUT2D eigenvalue weighted by molar-refractivity contribution is -0.123. The normalized spacial score (nSPS) is 15.3. The van der Waals surface area contributed by atoms with Gasteiger partial charge in [0.1, 0.15) is 12.2 Å². The predicted molar refractivity (Wildman–Crippen MR) is 99.1 cm³/mol. The third kappa shape index (κ3) is 4.78. The summed E-state index contributed by atoms with van der Waals surface area (Å²) in [6.07, 6.45) is -1.80. The Labute approximate surface area is 173 Å². The highest BCUT2D eigenvalue weighted by atomic mass is 19.4. The zero-order chi connectivity index (χ0) is 22.0. The molecule has 0 radical (unpaired) electrons. The Hall–Kier alpha value is -3.57. The largest absolute Gasteiger partial charge is 0.461 e. The highest BCUT2D eigenvalue weighted by Crippen LogP contribution is 2.28. The first kappa shape index (κ1) is 20.7. The van der Waals surface area contributed by atoms with Crippen molar-refractivity contribution < 1.29 is 31.7 Å². The van der Waals surface area contributed by atoms with Gasteiger partial charge in [-0.3, -0.25) is 14.7 Å². The van der Waals surface area contributed by atoms with Crippen molar-refractivity contribution in [3.63, 3.8) is 0 Å². The summed E-state index contributed by atoms with van der Waals surface area (Å²) in [6.45, 7) is -0.527. The Morgan fingerprint density at radius 1 is 1.19 bits per heavy atom. The summed E-state index contributed by atoms with van der Waals surface area (Å²) in [5.41, 5.74) is 0.714. The minimum Gasteiger partial charge on any atom is -0.461 e. The smallest absolute Gasteiger partial charge is 0.405 e. The van der Waals surface area contributed by atoms with Crippen LogP contribution in [-0.4, -0.2) is 57.9 Å². The van der Waals surface area contributed by atoms with E-state index in [0.717, 1.165) is 0 Å². The van der Waals surface area contributed by atoms with E-state index in [-0.39, 0.29) is 23.2 Å². The molecule has 0 aromatic carbocycles. The van der Waals surface area contributed by atoms with Crippen LogP contribution < -0.4 is 5.32 Å². The molecule has 12 heteroatoms. The van der Waals surface area contributed by atoms with Gasteiger partial charge >= 0.3 is 6.18 Å². The monoisotopic (exact) mass is 437 g/mol. The fourth-order valence-corrected chi connectivity index (χ4v) is 3.40. The molecule has 3 aromatic heterocycles. The molecule has 0 atom stereocenters. The van der Waals surface area contributed by atoms with Gasteiger partial charge in [-0.15, -0.1) is 0 Å². The Morgan fingerprint density at radius 2 is 1.97 bits per heavy atom. The Morgan fingerprint density at radius 3 is 2.65 bits per heavy atom. The molecule has 9 nitrogen and oxygen atoms in total. The maximum Gasteiger partial charge on any atom is 0.405 e. The van der Waals surface area contributed by atoms with Crippen molar-refractivity contribution >= 4 is 11.8 Å². The summed E-state index contributed by atoms with van der Waals surface area (Å²) in [7, 11) is 0. The van der Waals surface area contributed by atoms with Crippen LogP contribution in [0.3, 0.4) is 0 Å². The van der Waals surface area contributed by atoms with Crippen molar-refractivity contribution in [2.24, 2.45) is 0 Å². The van der Waals surface area contributed by atoms with Crippen LogP contribution >= 0.6 is 0 Å². The molecular formula is C19H18F3N5O4. The molecule has 1 saturated heterocycles. The molecule has 1 fully saturated rings. The molecule has 164 valence electrons. The topological polar surface area (TPSA) is 117 Å². The van der Waals surface area contributed by atoms with E-state index in [4.69, 9.17) is 8.94 Å². The van der Waals surface area contributed by atoms with Crippen LogP contribution in [0.5, 0.6) is 0 Å². The van der Waals surface area contributed by atoms with Crippen molar-refractivity contribution in [1.29, 1.82) is 0 Å². The molecule has 2 amide bonds. The van der Waals surface area contributed by atoms with Crippen molar-refractivity contribution in [3.8, 4) is 11.5 Å². The lowest BCUT2D eigenvalue weighted by atomic mass is 9.93. The summed E-state index contributed by atoms with van der Waals surface area (Å²) in [4.78, 5) is 26.1. The van der Waals surface area contributed by atoms with Gasteiger partial charge < -0.3 is 19.2 Å². The number of aromatic amines is 1. The summed E-state index contributed by atoms with van der Waals surface area (Å²) < 4.78 is 47.1. The number of aromatic nitrogens is 3. The first-order valence-electron chi connectivity index (χ1n) is 9.50. The maximum atomic E-state index is 12.7. The quantitative estimate of drug-likeness (QED) is 0.634. The summed E-state index contributed by atoms with van der Waals surface area (Å²) >= 11 is 0. The van der Waals surface area contributed by atoms with E-state index in [1.54, 1.807) is 22.3 Å². The number of amides is 2. The Balaban J connectivity index is 1.32. The van der Waals surface area contributed by atoms with Gasteiger partial charge in [0.2, 0.25) is 5.76 Å². The fourth-order valence-electron chi connectivity index (χ4n) is 3.40. The second-order valence-electron chi connectivity index (χ2n) is 7.13. The van der Waals surface area contributed by atoms with Crippen LogP contribution in [0, 0.1) is 0 Å². The average molecular weight is 437 g/mol. The van der Waals surface area contributed by atoms with Crippen molar-refractivity contribution in [1.82, 2.24) is 25.6 Å². The molecule has 1 aliphatic heterocycles. The minimum absolute atomic E-state index is 0.00305. The number of halogens is 3. The predicted octanol–water partition coefficient (Wildman–Crippen LogP) is 2.97. The van der Waals surface area contributed by atoms with E-state index < -0.39 is 18.6 Å². The van der Waals surface area contributed by atoms with E-state index in [0.29, 0.717) is 43.1 Å². The Bertz CT molecular complexity index is 1050. The van der Waals surface area contributed by atoms with E-state index >= 15 is 0 Å². The van der Waals surface area contributed by atoms with Gasteiger partial charge in [-0.1, -0.05) is 5.16 Å². The SMILES string of the molecule is O=C(NCC(F)(F)F)c1cc(C2CCN(C(=O)c3cc(-c4ccco4)on3)CC2)[nH]n1. The second-order valence-corrected chi connectivity index (χ2v) is 7.13. The number of carbonyl (C=O) groups is 2. The van der Waals surface area contributed by atoms with Gasteiger partial charge in [-0.25, -0.2) is 0 Å². The highest BCUT2D eigenvalue weighted by molar-refractivity contribution is 5.93. The fraction of sp³-hybridized carbons (Fsp3) is 0.368. The second kappa shape index (κ2) is 8.28. The van der Waals surface area contributed by atoms with Gasteiger partial charge in [-0.2, -0.15) is 18.3 Å². The van der Waals surface area contributed by atoms with Crippen LogP contribution in [-0.2, 0) is 0 Å². The van der Waals surface area contributed by atoms with Crippen LogP contribution in [0.4, 0.5) is 13.2 Å². The molecule has 3 aromatic rings. The standard InChI is InChI=1S/C19H18F3N5O4/c20-19(21,22)10-23-17(28)13-8-12(24-25-13)11-3-5-27(6-4-11)18(29)14-9-16(31-26-14)15-2-1-7-30-15/h1-2,7-9,11H,3-6,10H2,(H,23,28)(H,24,25). The van der Waals surface area contributed by atoms with Crippen LogP contribution in [0.2, 0.25) is 0 Å². The maximum absolute atomic E-state index is 12.7. The molecule has 0 saturated carbocycles. The zero-order valence-electron chi connectivity index (χ0n) is 16.1. The number of hydrogen-bond donors (Lipinski definition) is 2. The van der Waals surface area contributed by atoms with Gasteiger partial charge in [0, 0.05) is 30.8 Å². The molecule has 2 N–H and O–H groups in total. The lowest BCUT2D eigenvalue weighted by Crippen LogP contribution is -2.38. The third-order valence-electron chi connectivity index (χ3n) is 4.99. The number of H-pyrrole nitrogens is 1. The molecular weight excluding hydrogens is 419 g/mol. The van der Waals surface area contributed by atoms with Gasteiger partial charge in [-0.05, 0) is 31.0 Å². The molecule has 1 aliphatic rings. The summed E-state index contributed by atoms with van der Waals surface area (Å²) in [6, 6.07) is 6.36. The average Bonchev–Trinajstić information content (AvgIpc) is 3.51. The van der Waals surface area contributed by atoms with E-state index in [1.165, 1.54) is 18.4 Å². The van der Waals surface area contributed by atoms with Gasteiger partial charge in [0.05, 0.1) is 6.26 Å². The third-order valence-corrected chi connectivity index (χ3v) is 4.99. The number of rotatable bonds is 5. The van der Waals surface area contributed by atoms with Crippen LogP contribution in [0.25, 0.3) is 11.5 Å². The first-order chi connectivity index (χ1) is 14.8. The number of furan rings is 1. The molecule has 0 unspecified atom stereocenters. The zero-order valence-corrected chi connectivity index (χ0v) is 16.1. The van der Waals surface area contributed by atoms with E-state index in [2.05, 4.69) is 15.4 Å². The van der Waals surface area contributed by atoms with Crippen molar-refractivity contribution in [2.75, 3.05) is 19.6 Å². The lowest BCUT2D eigenvalue weighted by Gasteiger charge is -2.30. The number of nitrogens with zero attached hydrogens (tertiary/aromatic N) is 3. The van der Waals surface area contributed by atoms with E-state index in [1.807, 2.05) is 0 Å². The molecule has 0 spiro atoms. The number of carbonyl (C=O) groups excluding carboxylic acids is 2. The molecule has 4 rings (SSSR count). The van der Waals surface area contributed by atoms with Gasteiger partial charge in [0.25, 0.3) is 11.8 Å². The molecule has 0 bridgehead atoms. The van der Waals surface area contributed by atoms with Crippen LogP contribution in [0.1, 0.15) is 45.4 Å². The molecule has 0 aliphatic carbocycles. The van der Waals surface area contributed by atoms with Gasteiger partial charge in [0.15, 0.2) is 11.5 Å². The number of hydrogen-bond acceptors (Lipinski definition) is 6. The number of likely N-dealkylation sites (tertiary alicyclic amines) is 1. The highest BCUT2D eigenvalue weighted by Gasteiger charge is 2.30. The van der Waals surface area contributed by atoms with Crippen molar-refractivity contribution in [3.05, 3.63) is 47.6 Å². The minimum atomic E-state index is -4.49. The van der Waals surface area contributed by atoms with Crippen molar-refractivity contribution in [2.45, 2.75) is 24.9 Å². The Kier molecular flexibility index (Phi) is 5.53. The van der Waals surface area contributed by atoms with E-state index in [9.17, 15) is 22.8 Å². The number of alkyl halides is 3. The summed E-state index contributed by atoms with van der Waals surface area (Å²) in [5, 5.41) is 12.1. The number of piperidine rings is 1.